The van der Waals surface area contributed by atoms with E-state index >= 15 is 0 Å². The van der Waals surface area contributed by atoms with Gasteiger partial charge in [0.05, 0.1) is 59.9 Å². The zero-order chi connectivity index (χ0) is 13.5. The van der Waals surface area contributed by atoms with Gasteiger partial charge in [-0.2, -0.15) is 0 Å². The number of rotatable bonds is 0. The van der Waals surface area contributed by atoms with Gasteiger partial charge in [-0.15, -0.1) is 0 Å². The maximum atomic E-state index is 9.47. The second-order valence-electron chi connectivity index (χ2n) is 7.40. The van der Waals surface area contributed by atoms with Gasteiger partial charge in [0.2, 0.25) is 0 Å². The highest BCUT2D eigenvalue weighted by Crippen LogP contribution is 2.19. The molecule has 1 N–H and O–H groups in total. The van der Waals surface area contributed by atoms with Crippen LogP contribution in [0.1, 0.15) is 0 Å². The third-order valence-electron chi connectivity index (χ3n) is 5.75. The van der Waals surface area contributed by atoms with Gasteiger partial charge in [0.1, 0.15) is 6.54 Å². The summed E-state index contributed by atoms with van der Waals surface area (Å²) >= 11 is 0. The highest BCUT2D eigenvalue weighted by Gasteiger charge is 2.40. The van der Waals surface area contributed by atoms with Crippen LogP contribution < -0.4 is 0 Å². The SMILES string of the molecule is C[N+]12CCN(CC1)C(O)C2.C[N+]12CCN(CC1)CC2. The van der Waals surface area contributed by atoms with E-state index in [0.717, 1.165) is 24.1 Å². The van der Waals surface area contributed by atoms with Crippen molar-refractivity contribution in [2.75, 3.05) is 86.1 Å². The van der Waals surface area contributed by atoms with Crippen molar-refractivity contribution in [3.63, 3.8) is 0 Å². The van der Waals surface area contributed by atoms with Crippen LogP contribution in [0.2, 0.25) is 0 Å². The molecule has 6 heterocycles. The number of aliphatic hydroxyl groups excluding tert-OH is 1. The van der Waals surface area contributed by atoms with Crippen molar-refractivity contribution >= 4 is 0 Å². The van der Waals surface area contributed by atoms with Crippen LogP contribution in [0.15, 0.2) is 0 Å². The Hall–Kier alpha value is -0.200. The largest absolute Gasteiger partial charge is 0.373 e. The van der Waals surface area contributed by atoms with E-state index in [1.165, 1.54) is 56.8 Å². The lowest BCUT2D eigenvalue weighted by molar-refractivity contribution is -0.930. The van der Waals surface area contributed by atoms with Gasteiger partial charge in [-0.1, -0.05) is 0 Å². The first-order valence-corrected chi connectivity index (χ1v) is 7.80. The number of hydrogen-bond acceptors (Lipinski definition) is 3. The van der Waals surface area contributed by atoms with E-state index in [4.69, 9.17) is 0 Å². The quantitative estimate of drug-likeness (QED) is 0.563. The van der Waals surface area contributed by atoms with Crippen molar-refractivity contribution in [1.82, 2.24) is 9.80 Å². The van der Waals surface area contributed by atoms with Crippen molar-refractivity contribution in [2.24, 2.45) is 0 Å². The topological polar surface area (TPSA) is 26.7 Å². The molecule has 0 spiro atoms. The zero-order valence-electron chi connectivity index (χ0n) is 12.6. The summed E-state index contributed by atoms with van der Waals surface area (Å²) in [5.74, 6) is 0. The summed E-state index contributed by atoms with van der Waals surface area (Å²) in [6, 6.07) is 0. The van der Waals surface area contributed by atoms with Crippen LogP contribution in [0.25, 0.3) is 0 Å². The minimum Gasteiger partial charge on any atom is -0.373 e. The summed E-state index contributed by atoms with van der Waals surface area (Å²) in [6.45, 7) is 13.7. The van der Waals surface area contributed by atoms with Crippen molar-refractivity contribution in [1.29, 1.82) is 0 Å². The number of nitrogens with zero attached hydrogens (tertiary/aromatic N) is 4. The summed E-state index contributed by atoms with van der Waals surface area (Å²) in [5.41, 5.74) is 0. The Bertz CT molecular complexity index is 306. The lowest BCUT2D eigenvalue weighted by Crippen LogP contribution is -2.69. The van der Waals surface area contributed by atoms with Crippen LogP contribution in [-0.2, 0) is 0 Å². The molecule has 6 fully saturated rings. The first-order valence-electron chi connectivity index (χ1n) is 7.80. The minimum atomic E-state index is -0.160. The molecule has 19 heavy (non-hydrogen) atoms. The zero-order valence-corrected chi connectivity index (χ0v) is 12.6. The third-order valence-corrected chi connectivity index (χ3v) is 5.75. The van der Waals surface area contributed by atoms with E-state index in [1.807, 2.05) is 0 Å². The van der Waals surface area contributed by atoms with E-state index < -0.39 is 0 Å². The van der Waals surface area contributed by atoms with Crippen molar-refractivity contribution in [3.05, 3.63) is 0 Å². The molecular formula is C14H30N4O+2. The molecular weight excluding hydrogens is 240 g/mol. The Morgan fingerprint density at radius 3 is 1.53 bits per heavy atom. The molecule has 6 aliphatic heterocycles. The summed E-state index contributed by atoms with van der Waals surface area (Å²) in [7, 11) is 4.62. The highest BCUT2D eigenvalue weighted by atomic mass is 16.3. The molecule has 4 bridgehead atoms. The molecule has 0 aromatic heterocycles. The van der Waals surface area contributed by atoms with Crippen molar-refractivity contribution in [2.45, 2.75) is 6.23 Å². The van der Waals surface area contributed by atoms with Gasteiger partial charge in [0, 0.05) is 19.6 Å². The summed E-state index contributed by atoms with van der Waals surface area (Å²) in [4.78, 5) is 4.74. The molecule has 1 atom stereocenters. The molecule has 0 amide bonds. The van der Waals surface area contributed by atoms with Gasteiger partial charge in [-0.05, 0) is 0 Å². The van der Waals surface area contributed by atoms with Crippen LogP contribution in [0.3, 0.4) is 0 Å². The average molecular weight is 270 g/mol. The lowest BCUT2D eigenvalue weighted by Gasteiger charge is -2.50. The molecule has 0 aliphatic carbocycles. The Kier molecular flexibility index (Phi) is 3.60. The Morgan fingerprint density at radius 2 is 1.26 bits per heavy atom. The third kappa shape index (κ3) is 2.95. The monoisotopic (exact) mass is 270 g/mol. The van der Waals surface area contributed by atoms with E-state index in [1.54, 1.807) is 0 Å². The smallest absolute Gasteiger partial charge is 0.157 e. The molecule has 6 rings (SSSR count). The number of likely N-dealkylation sites (N-methyl/N-ethyl adjacent to an activating group) is 2. The first-order chi connectivity index (χ1) is 8.98. The summed E-state index contributed by atoms with van der Waals surface area (Å²) in [6.07, 6.45) is -0.160. The van der Waals surface area contributed by atoms with E-state index in [0.29, 0.717) is 0 Å². The first kappa shape index (κ1) is 13.8. The van der Waals surface area contributed by atoms with E-state index in [9.17, 15) is 5.11 Å². The van der Waals surface area contributed by atoms with Gasteiger partial charge >= 0.3 is 0 Å². The second kappa shape index (κ2) is 4.97. The molecule has 0 radical (unpaired) electrons. The van der Waals surface area contributed by atoms with Gasteiger partial charge in [-0.3, -0.25) is 9.80 Å². The normalized spacial score (nSPS) is 51.6. The van der Waals surface area contributed by atoms with E-state index in [2.05, 4.69) is 23.9 Å². The van der Waals surface area contributed by atoms with Crippen molar-refractivity contribution in [3.8, 4) is 0 Å². The van der Waals surface area contributed by atoms with Crippen LogP contribution in [0.4, 0.5) is 0 Å². The number of quaternary nitrogens is 2. The molecule has 0 saturated carbocycles. The Labute approximate surface area is 117 Å². The molecule has 0 aromatic rings. The molecule has 6 saturated heterocycles. The number of aliphatic hydroxyl groups is 1. The molecule has 6 aliphatic rings. The van der Waals surface area contributed by atoms with Gasteiger partial charge in [-0.25, -0.2) is 0 Å². The van der Waals surface area contributed by atoms with E-state index in [-0.39, 0.29) is 6.23 Å². The predicted molar refractivity (Wildman–Crippen MR) is 75.6 cm³/mol. The highest BCUT2D eigenvalue weighted by molar-refractivity contribution is 4.72. The maximum Gasteiger partial charge on any atom is 0.157 e. The van der Waals surface area contributed by atoms with Crippen LogP contribution in [0.5, 0.6) is 0 Å². The fraction of sp³-hybridized carbons (Fsp3) is 1.00. The lowest BCUT2D eigenvalue weighted by atomic mass is 10.1. The van der Waals surface area contributed by atoms with Crippen LogP contribution >= 0.6 is 0 Å². The summed E-state index contributed by atoms with van der Waals surface area (Å²) < 4.78 is 2.42. The number of hydrogen-bond donors (Lipinski definition) is 1. The molecule has 5 heteroatoms. The van der Waals surface area contributed by atoms with Crippen molar-refractivity contribution < 1.29 is 14.1 Å². The number of piperazine rings is 6. The number of fused-ring (bicyclic) bond motifs is 6. The standard InChI is InChI=1S/C7H15N2O.C7H15N2/c1-9-4-2-8(3-5-9)7(10)6-9;1-9-5-2-8(3-6-9)4-7-9/h7,10H,2-6H2,1H3;2-7H2,1H3/q2*+1. The molecule has 0 aromatic carbocycles. The average Bonchev–Trinajstić information content (AvgIpc) is 2.40. The fourth-order valence-corrected chi connectivity index (χ4v) is 3.77. The fourth-order valence-electron chi connectivity index (χ4n) is 3.77. The second-order valence-corrected chi connectivity index (χ2v) is 7.40. The van der Waals surface area contributed by atoms with Crippen LogP contribution in [0, 0.1) is 0 Å². The molecule has 5 nitrogen and oxygen atoms in total. The van der Waals surface area contributed by atoms with Gasteiger partial charge < -0.3 is 14.1 Å². The predicted octanol–water partition coefficient (Wildman–Crippen LogP) is -1.16. The van der Waals surface area contributed by atoms with Gasteiger partial charge in [0.15, 0.2) is 6.23 Å². The molecule has 1 unspecified atom stereocenters. The Morgan fingerprint density at radius 1 is 0.789 bits per heavy atom. The maximum absolute atomic E-state index is 9.47. The van der Waals surface area contributed by atoms with Gasteiger partial charge in [0.25, 0.3) is 0 Å². The summed E-state index contributed by atoms with van der Waals surface area (Å²) in [5, 5.41) is 9.47. The Balaban J connectivity index is 0.000000117. The molecule has 110 valence electrons. The minimum absolute atomic E-state index is 0.160. The van der Waals surface area contributed by atoms with Crippen LogP contribution in [-0.4, -0.2) is 116 Å².